The van der Waals surface area contributed by atoms with E-state index in [9.17, 15) is 13.2 Å². The molecule has 0 saturated carbocycles. The lowest BCUT2D eigenvalue weighted by Crippen LogP contribution is -2.40. The summed E-state index contributed by atoms with van der Waals surface area (Å²) in [6.07, 6.45) is 2.93. The molecule has 1 aliphatic rings. The zero-order valence-corrected chi connectivity index (χ0v) is 17.8. The number of aromatic nitrogens is 2. The molecule has 4 rings (SSSR count). The summed E-state index contributed by atoms with van der Waals surface area (Å²) in [5.74, 6) is -0.449. The summed E-state index contributed by atoms with van der Waals surface area (Å²) < 4.78 is 29.2. The van der Waals surface area contributed by atoms with E-state index in [1.807, 2.05) is 30.3 Å². The second-order valence-corrected chi connectivity index (χ2v) is 9.62. The van der Waals surface area contributed by atoms with E-state index in [1.165, 1.54) is 16.8 Å². The molecule has 1 aromatic heterocycles. The van der Waals surface area contributed by atoms with Crippen molar-refractivity contribution in [2.24, 2.45) is 7.05 Å². The Morgan fingerprint density at radius 3 is 2.43 bits per heavy atom. The van der Waals surface area contributed by atoms with Crippen molar-refractivity contribution in [3.05, 3.63) is 83.3 Å². The van der Waals surface area contributed by atoms with Crippen LogP contribution >= 0.6 is 11.6 Å². The minimum Gasteiger partial charge on any atom is -0.347 e. The Bertz CT molecular complexity index is 1150. The van der Waals surface area contributed by atoms with Crippen LogP contribution in [-0.2, 0) is 17.1 Å². The molecule has 156 valence electrons. The fraction of sp³-hybridized carbons (Fsp3) is 0.238. The average molecular weight is 445 g/mol. The van der Waals surface area contributed by atoms with Gasteiger partial charge in [-0.2, -0.15) is 4.31 Å². The molecule has 7 nitrogen and oxygen atoms in total. The first-order valence-corrected chi connectivity index (χ1v) is 11.3. The standard InChI is InChI=1S/C21H21ClN4O3S/c1-25-13-20(23-14-25)30(28,29)26-11-18(15-5-3-2-4-6-15)19(12-26)24-21(27)16-7-9-17(22)10-8-16/h2-10,13-14,18-19H,11-12H2,1H3,(H,24,27). The van der Waals surface area contributed by atoms with E-state index >= 15 is 0 Å². The van der Waals surface area contributed by atoms with E-state index in [0.29, 0.717) is 10.6 Å². The molecule has 2 heterocycles. The molecule has 2 aromatic carbocycles. The van der Waals surface area contributed by atoms with Gasteiger partial charge in [-0.1, -0.05) is 41.9 Å². The number of sulfonamides is 1. The van der Waals surface area contributed by atoms with Gasteiger partial charge in [-0.25, -0.2) is 13.4 Å². The Balaban J connectivity index is 1.61. The number of carbonyl (C=O) groups is 1. The largest absolute Gasteiger partial charge is 0.347 e. The molecule has 1 N–H and O–H groups in total. The lowest BCUT2D eigenvalue weighted by atomic mass is 9.94. The van der Waals surface area contributed by atoms with Crippen LogP contribution in [0.4, 0.5) is 0 Å². The molecule has 2 atom stereocenters. The number of hydrogen-bond acceptors (Lipinski definition) is 4. The molecule has 1 aliphatic heterocycles. The summed E-state index contributed by atoms with van der Waals surface area (Å²) >= 11 is 5.91. The van der Waals surface area contributed by atoms with Crippen molar-refractivity contribution in [1.82, 2.24) is 19.2 Å². The molecule has 1 saturated heterocycles. The van der Waals surface area contributed by atoms with Crippen LogP contribution < -0.4 is 5.32 Å². The molecule has 0 spiro atoms. The van der Waals surface area contributed by atoms with Gasteiger partial charge < -0.3 is 9.88 Å². The normalized spacial score (nSPS) is 19.7. The highest BCUT2D eigenvalue weighted by atomic mass is 35.5. The fourth-order valence-electron chi connectivity index (χ4n) is 3.66. The Kier molecular flexibility index (Phi) is 5.64. The van der Waals surface area contributed by atoms with Gasteiger partial charge in [0, 0.05) is 42.8 Å². The SMILES string of the molecule is Cn1cnc(S(=O)(=O)N2CC(NC(=O)c3ccc(Cl)cc3)C(c3ccccc3)C2)c1. The van der Waals surface area contributed by atoms with Crippen LogP contribution in [0, 0.1) is 0 Å². The maximum absolute atomic E-state index is 13.1. The van der Waals surface area contributed by atoms with Gasteiger partial charge in [0.25, 0.3) is 15.9 Å². The lowest BCUT2D eigenvalue weighted by Gasteiger charge is -2.20. The van der Waals surface area contributed by atoms with Crippen LogP contribution in [0.3, 0.4) is 0 Å². The van der Waals surface area contributed by atoms with Crippen LogP contribution in [0.1, 0.15) is 21.8 Å². The highest BCUT2D eigenvalue weighted by Gasteiger charge is 2.41. The topological polar surface area (TPSA) is 84.3 Å². The second-order valence-electron chi connectivity index (χ2n) is 7.30. The summed E-state index contributed by atoms with van der Waals surface area (Å²) in [5.41, 5.74) is 1.44. The molecule has 3 aromatic rings. The minimum atomic E-state index is -3.77. The van der Waals surface area contributed by atoms with Gasteiger partial charge in [-0.3, -0.25) is 4.79 Å². The van der Waals surface area contributed by atoms with Crippen molar-refractivity contribution < 1.29 is 13.2 Å². The maximum Gasteiger partial charge on any atom is 0.262 e. The van der Waals surface area contributed by atoms with Gasteiger partial charge in [0.05, 0.1) is 12.4 Å². The third-order valence-electron chi connectivity index (χ3n) is 5.22. The smallest absolute Gasteiger partial charge is 0.262 e. The zero-order valence-electron chi connectivity index (χ0n) is 16.3. The summed E-state index contributed by atoms with van der Waals surface area (Å²) in [7, 11) is -2.04. The van der Waals surface area contributed by atoms with E-state index in [4.69, 9.17) is 11.6 Å². The van der Waals surface area contributed by atoms with Crippen molar-refractivity contribution in [2.45, 2.75) is 17.0 Å². The highest BCUT2D eigenvalue weighted by molar-refractivity contribution is 7.89. The predicted octanol–water partition coefficient (Wildman–Crippen LogP) is 2.66. The molecule has 1 fully saturated rings. The summed E-state index contributed by atoms with van der Waals surface area (Å²) in [5, 5.41) is 3.55. The summed E-state index contributed by atoms with van der Waals surface area (Å²) in [4.78, 5) is 16.8. The average Bonchev–Trinajstić information content (AvgIpc) is 3.36. The number of nitrogens with zero attached hydrogens (tertiary/aromatic N) is 3. The van der Waals surface area contributed by atoms with E-state index in [2.05, 4.69) is 10.3 Å². The van der Waals surface area contributed by atoms with Crippen molar-refractivity contribution in [3.8, 4) is 0 Å². The van der Waals surface area contributed by atoms with Gasteiger partial charge in [0.15, 0.2) is 5.03 Å². The van der Waals surface area contributed by atoms with Gasteiger partial charge in [-0.15, -0.1) is 0 Å². The first-order valence-electron chi connectivity index (χ1n) is 9.44. The molecule has 0 aliphatic carbocycles. The summed E-state index contributed by atoms with van der Waals surface area (Å²) in [6, 6.07) is 15.8. The van der Waals surface area contributed by atoms with Crippen LogP contribution in [0.5, 0.6) is 0 Å². The van der Waals surface area contributed by atoms with Crippen LogP contribution in [0.15, 0.2) is 72.1 Å². The molecule has 0 bridgehead atoms. The zero-order chi connectivity index (χ0) is 21.3. The van der Waals surface area contributed by atoms with Crippen molar-refractivity contribution in [3.63, 3.8) is 0 Å². The molecular weight excluding hydrogens is 424 g/mol. The number of nitrogens with one attached hydrogen (secondary N) is 1. The Hall–Kier alpha value is -2.68. The van der Waals surface area contributed by atoms with E-state index in [0.717, 1.165) is 5.56 Å². The van der Waals surface area contributed by atoms with E-state index in [1.54, 1.807) is 35.9 Å². The quantitative estimate of drug-likeness (QED) is 0.655. The van der Waals surface area contributed by atoms with Crippen LogP contribution in [0.25, 0.3) is 0 Å². The van der Waals surface area contributed by atoms with Crippen molar-refractivity contribution in [1.29, 1.82) is 0 Å². The molecule has 0 radical (unpaired) electrons. The third kappa shape index (κ3) is 4.12. The van der Waals surface area contributed by atoms with E-state index < -0.39 is 10.0 Å². The maximum atomic E-state index is 13.1. The number of amides is 1. The number of carbonyl (C=O) groups excluding carboxylic acids is 1. The van der Waals surface area contributed by atoms with Crippen LogP contribution in [-0.4, -0.2) is 47.3 Å². The van der Waals surface area contributed by atoms with E-state index in [-0.39, 0.29) is 36.0 Å². The third-order valence-corrected chi connectivity index (χ3v) is 7.19. The first-order chi connectivity index (χ1) is 14.3. The van der Waals surface area contributed by atoms with Gasteiger partial charge in [-0.05, 0) is 29.8 Å². The predicted molar refractivity (Wildman–Crippen MR) is 114 cm³/mol. The number of halogens is 1. The molecule has 1 amide bonds. The molecule has 9 heteroatoms. The van der Waals surface area contributed by atoms with Crippen molar-refractivity contribution in [2.75, 3.05) is 13.1 Å². The highest BCUT2D eigenvalue weighted by Crippen LogP contribution is 2.31. The first kappa shape index (κ1) is 20.6. The number of aryl methyl sites for hydroxylation is 1. The minimum absolute atomic E-state index is 0.00138. The Morgan fingerprint density at radius 2 is 1.80 bits per heavy atom. The number of rotatable bonds is 5. The Morgan fingerprint density at radius 1 is 1.10 bits per heavy atom. The second kappa shape index (κ2) is 8.22. The number of hydrogen-bond donors (Lipinski definition) is 1. The fourth-order valence-corrected chi connectivity index (χ4v) is 5.24. The summed E-state index contributed by atoms with van der Waals surface area (Å²) in [6.45, 7) is 0.423. The Labute approximate surface area is 180 Å². The van der Waals surface area contributed by atoms with Gasteiger partial charge >= 0.3 is 0 Å². The monoisotopic (exact) mass is 444 g/mol. The van der Waals surface area contributed by atoms with Crippen LogP contribution in [0.2, 0.25) is 5.02 Å². The lowest BCUT2D eigenvalue weighted by molar-refractivity contribution is 0.0936. The van der Waals surface area contributed by atoms with Gasteiger partial charge in [0.2, 0.25) is 0 Å². The van der Waals surface area contributed by atoms with Gasteiger partial charge in [0.1, 0.15) is 0 Å². The van der Waals surface area contributed by atoms with Crippen molar-refractivity contribution >= 4 is 27.5 Å². The number of imidazole rings is 1. The molecule has 2 unspecified atom stereocenters. The number of benzene rings is 2. The molecule has 30 heavy (non-hydrogen) atoms. The molecular formula is C21H21ClN4O3S.